The molecule has 2 fully saturated rings. The Hall–Kier alpha value is -1.89. The number of hydrogen-bond acceptors (Lipinski definition) is 5. The van der Waals surface area contributed by atoms with Crippen LogP contribution in [-0.2, 0) is 9.53 Å². The van der Waals surface area contributed by atoms with E-state index in [1.807, 2.05) is 49.9 Å². The summed E-state index contributed by atoms with van der Waals surface area (Å²) in [6.45, 7) is 6.76. The molecule has 0 radical (unpaired) electrons. The Bertz CT molecular complexity index is 693. The Labute approximate surface area is 158 Å². The summed E-state index contributed by atoms with van der Waals surface area (Å²) in [6, 6.07) is 7.60. The van der Waals surface area contributed by atoms with Gasteiger partial charge in [-0.1, -0.05) is 6.07 Å². The maximum atomic E-state index is 12.6. The standard InChI is InChI=1S/C19H26N2O4S/c1-18(2,3)25-17(23)20-10-8-19(9-11-20)21(16(22)13-26-19)14-6-5-7-15(12-14)24-4/h5-7,12H,8-11,13H2,1-4H3. The number of thioether (sulfide) groups is 1. The Morgan fingerprint density at radius 3 is 2.54 bits per heavy atom. The van der Waals surface area contributed by atoms with Crippen molar-refractivity contribution in [1.29, 1.82) is 0 Å². The van der Waals surface area contributed by atoms with E-state index in [4.69, 9.17) is 9.47 Å². The normalized spacial score (nSPS) is 19.8. The van der Waals surface area contributed by atoms with Gasteiger partial charge in [0.2, 0.25) is 5.91 Å². The lowest BCUT2D eigenvalue weighted by Gasteiger charge is -2.44. The SMILES string of the molecule is COc1cccc(N2C(=O)CSC23CCN(C(=O)OC(C)(C)C)CC3)c1. The van der Waals surface area contributed by atoms with E-state index in [0.717, 1.165) is 24.3 Å². The van der Waals surface area contributed by atoms with Crippen molar-refractivity contribution in [3.63, 3.8) is 0 Å². The molecule has 1 spiro atoms. The van der Waals surface area contributed by atoms with Crippen LogP contribution in [0, 0.1) is 0 Å². The Kier molecular flexibility index (Phi) is 5.10. The van der Waals surface area contributed by atoms with Gasteiger partial charge >= 0.3 is 6.09 Å². The van der Waals surface area contributed by atoms with Crippen LogP contribution in [0.5, 0.6) is 5.75 Å². The monoisotopic (exact) mass is 378 g/mol. The number of nitrogens with zero attached hydrogens (tertiary/aromatic N) is 2. The highest BCUT2D eigenvalue weighted by atomic mass is 32.2. The van der Waals surface area contributed by atoms with Crippen LogP contribution in [-0.4, -0.2) is 53.3 Å². The van der Waals surface area contributed by atoms with Crippen LogP contribution in [0.4, 0.5) is 10.5 Å². The van der Waals surface area contributed by atoms with E-state index in [1.54, 1.807) is 23.8 Å². The molecule has 3 rings (SSSR count). The molecule has 2 heterocycles. The maximum absolute atomic E-state index is 12.6. The summed E-state index contributed by atoms with van der Waals surface area (Å²) in [5.74, 6) is 1.30. The first-order valence-corrected chi connectivity index (χ1v) is 9.82. The molecule has 0 aliphatic carbocycles. The van der Waals surface area contributed by atoms with Gasteiger partial charge in [-0.2, -0.15) is 0 Å². The third-order valence-electron chi connectivity index (χ3n) is 4.63. The highest BCUT2D eigenvalue weighted by molar-refractivity contribution is 8.02. The molecular formula is C19H26N2O4S. The lowest BCUT2D eigenvalue weighted by Crippen LogP contribution is -2.53. The quantitative estimate of drug-likeness (QED) is 0.788. The predicted octanol–water partition coefficient (Wildman–Crippen LogP) is 3.50. The van der Waals surface area contributed by atoms with E-state index in [9.17, 15) is 9.59 Å². The van der Waals surface area contributed by atoms with E-state index in [-0.39, 0.29) is 16.9 Å². The molecule has 1 aromatic carbocycles. The number of rotatable bonds is 2. The molecule has 7 heteroatoms. The van der Waals surface area contributed by atoms with Gasteiger partial charge < -0.3 is 14.4 Å². The topological polar surface area (TPSA) is 59.1 Å². The zero-order chi connectivity index (χ0) is 18.9. The minimum Gasteiger partial charge on any atom is -0.497 e. The fourth-order valence-corrected chi connectivity index (χ4v) is 4.74. The first-order chi connectivity index (χ1) is 12.2. The lowest BCUT2D eigenvalue weighted by atomic mass is 10.0. The van der Waals surface area contributed by atoms with Crippen LogP contribution in [0.2, 0.25) is 0 Å². The Morgan fingerprint density at radius 2 is 1.92 bits per heavy atom. The van der Waals surface area contributed by atoms with Gasteiger partial charge in [0, 0.05) is 24.8 Å². The van der Waals surface area contributed by atoms with Gasteiger partial charge in [-0.15, -0.1) is 11.8 Å². The number of methoxy groups -OCH3 is 1. The maximum Gasteiger partial charge on any atom is 0.410 e. The number of ether oxygens (including phenoxy) is 2. The van der Waals surface area contributed by atoms with Gasteiger partial charge in [-0.25, -0.2) is 4.79 Å². The van der Waals surface area contributed by atoms with Crippen LogP contribution in [0.15, 0.2) is 24.3 Å². The molecule has 0 aromatic heterocycles. The zero-order valence-electron chi connectivity index (χ0n) is 15.8. The highest BCUT2D eigenvalue weighted by Crippen LogP contribution is 2.47. The van der Waals surface area contributed by atoms with Crippen LogP contribution < -0.4 is 9.64 Å². The molecular weight excluding hydrogens is 352 g/mol. The molecule has 2 aliphatic heterocycles. The van der Waals surface area contributed by atoms with Crippen molar-refractivity contribution in [3.8, 4) is 5.75 Å². The van der Waals surface area contributed by atoms with Crippen molar-refractivity contribution in [2.24, 2.45) is 0 Å². The molecule has 1 aromatic rings. The largest absolute Gasteiger partial charge is 0.497 e. The molecule has 142 valence electrons. The second kappa shape index (κ2) is 7.02. The van der Waals surface area contributed by atoms with Gasteiger partial charge in [0.05, 0.1) is 17.7 Å². The second-order valence-electron chi connectivity index (χ2n) is 7.63. The summed E-state index contributed by atoms with van der Waals surface area (Å²) < 4.78 is 10.8. The molecule has 2 amide bonds. The van der Waals surface area contributed by atoms with E-state index in [1.165, 1.54) is 0 Å². The Balaban J connectivity index is 1.76. The fourth-order valence-electron chi connectivity index (χ4n) is 3.41. The van der Waals surface area contributed by atoms with E-state index in [2.05, 4.69) is 0 Å². The van der Waals surface area contributed by atoms with Crippen molar-refractivity contribution < 1.29 is 19.1 Å². The molecule has 0 atom stereocenters. The summed E-state index contributed by atoms with van der Waals surface area (Å²) in [5.41, 5.74) is 0.349. The average molecular weight is 378 g/mol. The van der Waals surface area contributed by atoms with Crippen LogP contribution in [0.1, 0.15) is 33.6 Å². The minimum atomic E-state index is -0.503. The number of carbonyl (C=O) groups is 2. The molecule has 0 N–H and O–H groups in total. The van der Waals surface area contributed by atoms with Gasteiger partial charge in [0.1, 0.15) is 11.4 Å². The van der Waals surface area contributed by atoms with Crippen LogP contribution in [0.25, 0.3) is 0 Å². The third-order valence-corrected chi connectivity index (χ3v) is 6.15. The number of piperidine rings is 1. The number of likely N-dealkylation sites (tertiary alicyclic amines) is 1. The molecule has 0 unspecified atom stereocenters. The summed E-state index contributed by atoms with van der Waals surface area (Å²) in [7, 11) is 1.62. The van der Waals surface area contributed by atoms with Crippen LogP contribution >= 0.6 is 11.8 Å². The zero-order valence-corrected chi connectivity index (χ0v) is 16.6. The van der Waals surface area contributed by atoms with Gasteiger partial charge in [-0.05, 0) is 45.7 Å². The molecule has 0 saturated carbocycles. The fraction of sp³-hybridized carbons (Fsp3) is 0.579. The number of amides is 2. The van der Waals surface area contributed by atoms with E-state index < -0.39 is 5.60 Å². The van der Waals surface area contributed by atoms with Crippen molar-refractivity contribution in [2.75, 3.05) is 30.9 Å². The van der Waals surface area contributed by atoms with Crippen LogP contribution in [0.3, 0.4) is 0 Å². The first kappa shape index (κ1) is 18.9. The van der Waals surface area contributed by atoms with Gasteiger partial charge in [0.15, 0.2) is 0 Å². The molecule has 26 heavy (non-hydrogen) atoms. The second-order valence-corrected chi connectivity index (χ2v) is 8.97. The van der Waals surface area contributed by atoms with Gasteiger partial charge in [0.25, 0.3) is 0 Å². The minimum absolute atomic E-state index is 0.106. The number of benzene rings is 1. The van der Waals surface area contributed by atoms with E-state index in [0.29, 0.717) is 18.8 Å². The number of carbonyl (C=O) groups excluding carboxylic acids is 2. The Morgan fingerprint density at radius 1 is 1.23 bits per heavy atom. The number of hydrogen-bond donors (Lipinski definition) is 0. The van der Waals surface area contributed by atoms with Gasteiger partial charge in [-0.3, -0.25) is 9.69 Å². The highest BCUT2D eigenvalue weighted by Gasteiger charge is 2.49. The van der Waals surface area contributed by atoms with Crippen molar-refractivity contribution >= 4 is 29.4 Å². The molecule has 2 saturated heterocycles. The third kappa shape index (κ3) is 3.77. The smallest absolute Gasteiger partial charge is 0.410 e. The summed E-state index contributed by atoms with van der Waals surface area (Å²) in [6.07, 6.45) is 1.16. The predicted molar refractivity (Wildman–Crippen MR) is 103 cm³/mol. The van der Waals surface area contributed by atoms with Crippen molar-refractivity contribution in [1.82, 2.24) is 4.90 Å². The molecule has 2 aliphatic rings. The summed E-state index contributed by atoms with van der Waals surface area (Å²) in [4.78, 5) is 28.3. The summed E-state index contributed by atoms with van der Waals surface area (Å²) in [5, 5.41) is 0. The molecule has 0 bridgehead atoms. The van der Waals surface area contributed by atoms with E-state index >= 15 is 0 Å². The average Bonchev–Trinajstić information content (AvgIpc) is 2.90. The first-order valence-electron chi connectivity index (χ1n) is 8.83. The summed E-state index contributed by atoms with van der Waals surface area (Å²) >= 11 is 1.67. The lowest BCUT2D eigenvalue weighted by molar-refractivity contribution is -0.116. The molecule has 6 nitrogen and oxygen atoms in total. The van der Waals surface area contributed by atoms with Crippen molar-refractivity contribution in [3.05, 3.63) is 24.3 Å². The van der Waals surface area contributed by atoms with Crippen molar-refractivity contribution in [2.45, 2.75) is 44.1 Å². The number of anilines is 1.